The minimum absolute atomic E-state index is 0.584. The molecule has 1 aliphatic carbocycles. The molecule has 2 aromatic rings. The van der Waals surface area contributed by atoms with Gasteiger partial charge in [-0.15, -0.1) is 0 Å². The number of H-pyrrole nitrogens is 1. The molecule has 4 nitrogen and oxygen atoms in total. The molecule has 13 heavy (non-hydrogen) atoms. The zero-order valence-corrected chi connectivity index (χ0v) is 7.40. The summed E-state index contributed by atoms with van der Waals surface area (Å²) >= 11 is 0. The molecular formula is C9H12N4. The summed E-state index contributed by atoms with van der Waals surface area (Å²) in [6.45, 7) is 0. The van der Waals surface area contributed by atoms with Gasteiger partial charge in [0, 0.05) is 0 Å². The maximum atomic E-state index is 4.36. The number of nitrogens with zero attached hydrogens (tertiary/aromatic N) is 3. The maximum Gasteiger partial charge on any atom is 0.176 e. The summed E-state index contributed by atoms with van der Waals surface area (Å²) < 4.78 is 2.07. The Morgan fingerprint density at radius 2 is 2.23 bits per heavy atom. The molecule has 0 saturated heterocycles. The van der Waals surface area contributed by atoms with Gasteiger partial charge in [0.15, 0.2) is 5.65 Å². The van der Waals surface area contributed by atoms with E-state index in [0.717, 1.165) is 11.2 Å². The molecule has 0 unspecified atom stereocenters. The van der Waals surface area contributed by atoms with Crippen LogP contribution >= 0.6 is 0 Å². The largest absolute Gasteiger partial charge is 0.342 e. The van der Waals surface area contributed by atoms with Crippen molar-refractivity contribution in [3.63, 3.8) is 0 Å². The van der Waals surface area contributed by atoms with Gasteiger partial charge in [-0.3, -0.25) is 0 Å². The first-order valence-electron chi connectivity index (χ1n) is 4.82. The highest BCUT2D eigenvalue weighted by molar-refractivity contribution is 5.69. The topological polar surface area (TPSA) is 46.5 Å². The van der Waals surface area contributed by atoms with Crippen LogP contribution in [0.2, 0.25) is 0 Å². The van der Waals surface area contributed by atoms with Crippen molar-refractivity contribution < 1.29 is 0 Å². The number of imidazole rings is 1. The van der Waals surface area contributed by atoms with Crippen LogP contribution in [0.15, 0.2) is 12.5 Å². The molecule has 0 atom stereocenters. The van der Waals surface area contributed by atoms with Gasteiger partial charge in [-0.25, -0.2) is 9.67 Å². The molecular weight excluding hydrogens is 164 g/mol. The van der Waals surface area contributed by atoms with Crippen molar-refractivity contribution in [1.82, 2.24) is 19.7 Å². The molecule has 3 rings (SSSR count). The Hall–Kier alpha value is -1.32. The Kier molecular flexibility index (Phi) is 1.41. The molecule has 1 N–H and O–H groups in total. The van der Waals surface area contributed by atoms with Crippen molar-refractivity contribution in [3.8, 4) is 0 Å². The fourth-order valence-electron chi connectivity index (χ4n) is 2.17. The number of rotatable bonds is 1. The SMILES string of the molecule is c1nc2c(cnn2C2CCCC2)[nH]1. The Morgan fingerprint density at radius 3 is 3.08 bits per heavy atom. The molecule has 0 aromatic carbocycles. The van der Waals surface area contributed by atoms with Crippen LogP contribution in [0, 0.1) is 0 Å². The van der Waals surface area contributed by atoms with Gasteiger partial charge in [0.05, 0.1) is 18.6 Å². The molecule has 2 aromatic heterocycles. The van der Waals surface area contributed by atoms with Crippen molar-refractivity contribution in [3.05, 3.63) is 12.5 Å². The number of fused-ring (bicyclic) bond motifs is 1. The molecule has 0 spiro atoms. The predicted octanol–water partition coefficient (Wildman–Crippen LogP) is 1.87. The molecule has 68 valence electrons. The fraction of sp³-hybridized carbons (Fsp3) is 0.556. The van der Waals surface area contributed by atoms with Gasteiger partial charge in [0.1, 0.15) is 5.52 Å². The van der Waals surface area contributed by atoms with E-state index in [1.165, 1.54) is 25.7 Å². The zero-order chi connectivity index (χ0) is 8.67. The van der Waals surface area contributed by atoms with E-state index in [2.05, 4.69) is 19.7 Å². The Labute approximate surface area is 76.0 Å². The molecule has 0 radical (unpaired) electrons. The smallest absolute Gasteiger partial charge is 0.176 e. The van der Waals surface area contributed by atoms with Crippen LogP contribution in [0.5, 0.6) is 0 Å². The first kappa shape index (κ1) is 7.12. The van der Waals surface area contributed by atoms with Gasteiger partial charge in [0.25, 0.3) is 0 Å². The third kappa shape index (κ3) is 0.978. The first-order valence-corrected chi connectivity index (χ1v) is 4.82. The summed E-state index contributed by atoms with van der Waals surface area (Å²) in [6, 6.07) is 0.584. The number of hydrogen-bond donors (Lipinski definition) is 1. The lowest BCUT2D eigenvalue weighted by atomic mass is 10.2. The molecule has 0 amide bonds. The van der Waals surface area contributed by atoms with Gasteiger partial charge in [0.2, 0.25) is 0 Å². The molecule has 1 fully saturated rings. The third-order valence-electron chi connectivity index (χ3n) is 2.85. The van der Waals surface area contributed by atoms with E-state index in [9.17, 15) is 0 Å². The number of aromatic amines is 1. The second-order valence-corrected chi connectivity index (χ2v) is 3.67. The molecule has 1 saturated carbocycles. The summed E-state index contributed by atoms with van der Waals surface area (Å²) in [5.41, 5.74) is 2.05. The van der Waals surface area contributed by atoms with Gasteiger partial charge in [-0.2, -0.15) is 5.10 Å². The number of hydrogen-bond acceptors (Lipinski definition) is 2. The van der Waals surface area contributed by atoms with Crippen LogP contribution in [0.3, 0.4) is 0 Å². The normalized spacial score (nSPS) is 18.8. The van der Waals surface area contributed by atoms with Crippen LogP contribution in [-0.4, -0.2) is 19.7 Å². The van der Waals surface area contributed by atoms with Crippen LogP contribution in [-0.2, 0) is 0 Å². The van der Waals surface area contributed by atoms with Crippen molar-refractivity contribution in [2.45, 2.75) is 31.7 Å². The highest BCUT2D eigenvalue weighted by Crippen LogP contribution is 2.30. The van der Waals surface area contributed by atoms with Gasteiger partial charge >= 0.3 is 0 Å². The van der Waals surface area contributed by atoms with Crippen LogP contribution < -0.4 is 0 Å². The van der Waals surface area contributed by atoms with Crippen molar-refractivity contribution in [2.24, 2.45) is 0 Å². The Balaban J connectivity index is 2.09. The first-order chi connectivity index (χ1) is 6.45. The summed E-state index contributed by atoms with van der Waals surface area (Å²) in [5.74, 6) is 0. The minimum Gasteiger partial charge on any atom is -0.342 e. The lowest BCUT2D eigenvalue weighted by Crippen LogP contribution is -2.06. The number of aromatic nitrogens is 4. The number of nitrogens with one attached hydrogen (secondary N) is 1. The lowest BCUT2D eigenvalue weighted by molar-refractivity contribution is 0.479. The van der Waals surface area contributed by atoms with Crippen molar-refractivity contribution in [1.29, 1.82) is 0 Å². The van der Waals surface area contributed by atoms with Crippen LogP contribution in [0.4, 0.5) is 0 Å². The average Bonchev–Trinajstić information content (AvgIpc) is 2.79. The van der Waals surface area contributed by atoms with Crippen molar-refractivity contribution in [2.75, 3.05) is 0 Å². The van der Waals surface area contributed by atoms with E-state index in [0.29, 0.717) is 6.04 Å². The summed E-state index contributed by atoms with van der Waals surface area (Å²) in [7, 11) is 0. The van der Waals surface area contributed by atoms with Crippen molar-refractivity contribution >= 4 is 11.2 Å². The molecule has 0 bridgehead atoms. The minimum atomic E-state index is 0.584. The molecule has 1 aliphatic rings. The zero-order valence-electron chi connectivity index (χ0n) is 7.40. The highest BCUT2D eigenvalue weighted by atomic mass is 15.3. The van der Waals surface area contributed by atoms with Gasteiger partial charge in [-0.1, -0.05) is 12.8 Å². The molecule has 4 heteroatoms. The van der Waals surface area contributed by atoms with E-state index in [1.807, 2.05) is 6.20 Å². The second-order valence-electron chi connectivity index (χ2n) is 3.67. The predicted molar refractivity (Wildman–Crippen MR) is 49.4 cm³/mol. The monoisotopic (exact) mass is 176 g/mol. The van der Waals surface area contributed by atoms with E-state index < -0.39 is 0 Å². The van der Waals surface area contributed by atoms with Crippen LogP contribution in [0.25, 0.3) is 11.2 Å². The molecule has 2 heterocycles. The lowest BCUT2D eigenvalue weighted by Gasteiger charge is -2.08. The molecule has 0 aliphatic heterocycles. The quantitative estimate of drug-likeness (QED) is 0.721. The summed E-state index contributed by atoms with van der Waals surface area (Å²) in [6.07, 6.45) is 8.76. The third-order valence-corrected chi connectivity index (χ3v) is 2.85. The van der Waals surface area contributed by atoms with E-state index >= 15 is 0 Å². The van der Waals surface area contributed by atoms with Crippen LogP contribution in [0.1, 0.15) is 31.7 Å². The highest BCUT2D eigenvalue weighted by Gasteiger charge is 2.19. The fourth-order valence-corrected chi connectivity index (χ4v) is 2.17. The van der Waals surface area contributed by atoms with E-state index in [4.69, 9.17) is 0 Å². The van der Waals surface area contributed by atoms with Gasteiger partial charge < -0.3 is 4.98 Å². The second kappa shape index (κ2) is 2.58. The van der Waals surface area contributed by atoms with Gasteiger partial charge in [-0.05, 0) is 12.8 Å². The summed E-state index contributed by atoms with van der Waals surface area (Å²) in [5, 5.41) is 4.36. The average molecular weight is 176 g/mol. The van der Waals surface area contributed by atoms with E-state index in [-0.39, 0.29) is 0 Å². The Bertz CT molecular complexity index is 408. The maximum absolute atomic E-state index is 4.36. The Morgan fingerprint density at radius 1 is 1.38 bits per heavy atom. The standard InChI is InChI=1S/C9H12N4/c1-2-4-7(3-1)13-9-8(5-12-13)10-6-11-9/h5-7H,1-4H2,(H,10,11). The summed E-state index contributed by atoms with van der Waals surface area (Å²) in [4.78, 5) is 7.34. The van der Waals surface area contributed by atoms with E-state index in [1.54, 1.807) is 6.33 Å².